The number of guanidine groups is 1. The highest BCUT2D eigenvalue weighted by Crippen LogP contribution is 2.16. The molecule has 3 N–H and O–H groups in total. The van der Waals surface area contributed by atoms with Crippen molar-refractivity contribution in [3.63, 3.8) is 0 Å². The highest BCUT2D eigenvalue weighted by Gasteiger charge is 2.26. The molecule has 1 heterocycles. The van der Waals surface area contributed by atoms with Gasteiger partial charge in [0.1, 0.15) is 0 Å². The Bertz CT molecular complexity index is 420. The number of likely N-dealkylation sites (tertiary alicyclic amines) is 1. The van der Waals surface area contributed by atoms with Crippen LogP contribution >= 0.6 is 24.0 Å². The quantitative estimate of drug-likeness (QED) is 0.205. The van der Waals surface area contributed by atoms with Gasteiger partial charge < -0.3 is 20.9 Å². The molecule has 6 nitrogen and oxygen atoms in total. The summed E-state index contributed by atoms with van der Waals surface area (Å²) >= 11 is 0. The maximum absolute atomic E-state index is 12.1. The number of halogens is 1. The molecule has 0 bridgehead atoms. The predicted octanol–water partition coefficient (Wildman–Crippen LogP) is 2.44. The topological polar surface area (TPSA) is 68.8 Å². The third-order valence-electron chi connectivity index (χ3n) is 4.75. The van der Waals surface area contributed by atoms with E-state index in [0.717, 1.165) is 37.9 Å². The van der Waals surface area contributed by atoms with E-state index < -0.39 is 5.41 Å². The average molecular weight is 481 g/mol. The fourth-order valence-corrected chi connectivity index (χ4v) is 2.89. The second-order valence-electron chi connectivity index (χ2n) is 7.74. The van der Waals surface area contributed by atoms with Gasteiger partial charge in [0.2, 0.25) is 5.91 Å². The molecule has 1 aliphatic heterocycles. The van der Waals surface area contributed by atoms with Crippen LogP contribution in [0.4, 0.5) is 0 Å². The van der Waals surface area contributed by atoms with Gasteiger partial charge in [-0.2, -0.15) is 0 Å². The van der Waals surface area contributed by atoms with Crippen LogP contribution in [0.25, 0.3) is 0 Å². The molecule has 0 saturated carbocycles. The molecule has 0 atom stereocenters. The molecule has 0 aliphatic carbocycles. The molecule has 1 fully saturated rings. The van der Waals surface area contributed by atoms with E-state index in [1.165, 1.54) is 25.9 Å². The Balaban J connectivity index is 0.00000625. The van der Waals surface area contributed by atoms with Crippen molar-refractivity contribution in [1.82, 2.24) is 20.9 Å². The largest absolute Gasteiger partial charge is 0.357 e. The standard InChI is InChI=1S/C19H39N5O.HI/c1-6-20-17(25)19(4,5)15-23-18(21-7-2)22-11-8-12-24-13-9-16(3)10-14-24;/h16H,6-15H2,1-5H3,(H,20,25)(H2,21,22,23);1H. The average Bonchev–Trinajstić information content (AvgIpc) is 2.58. The molecule has 0 aromatic heterocycles. The minimum atomic E-state index is -0.497. The molecule has 1 rings (SSSR count). The van der Waals surface area contributed by atoms with E-state index in [4.69, 9.17) is 0 Å². The summed E-state index contributed by atoms with van der Waals surface area (Å²) in [5.41, 5.74) is -0.497. The SMILES string of the molecule is CCNC(=O)C(C)(C)CN=C(NCC)NCCCN1CCC(C)CC1.I. The molecule has 1 aliphatic rings. The van der Waals surface area contributed by atoms with E-state index in [1.54, 1.807) is 0 Å². The molecule has 0 radical (unpaired) electrons. The number of carbonyl (C=O) groups excluding carboxylic acids is 1. The molecular formula is C19H40IN5O. The molecular weight excluding hydrogens is 441 g/mol. The molecule has 154 valence electrons. The maximum Gasteiger partial charge on any atom is 0.227 e. The number of aliphatic imine (C=N–C) groups is 1. The molecule has 0 aromatic carbocycles. The lowest BCUT2D eigenvalue weighted by Crippen LogP contribution is -2.42. The van der Waals surface area contributed by atoms with Gasteiger partial charge in [0.25, 0.3) is 0 Å². The van der Waals surface area contributed by atoms with Crippen LogP contribution in [0.1, 0.15) is 53.9 Å². The molecule has 26 heavy (non-hydrogen) atoms. The fraction of sp³-hybridized carbons (Fsp3) is 0.895. The lowest BCUT2D eigenvalue weighted by Gasteiger charge is -2.30. The molecule has 1 saturated heterocycles. The van der Waals surface area contributed by atoms with Crippen LogP contribution in [-0.2, 0) is 4.79 Å². The zero-order valence-electron chi connectivity index (χ0n) is 17.4. The number of amides is 1. The van der Waals surface area contributed by atoms with Gasteiger partial charge in [-0.1, -0.05) is 6.92 Å². The van der Waals surface area contributed by atoms with Crippen molar-refractivity contribution >= 4 is 35.8 Å². The van der Waals surface area contributed by atoms with E-state index in [1.807, 2.05) is 20.8 Å². The molecule has 7 heteroatoms. The Labute approximate surface area is 177 Å². The summed E-state index contributed by atoms with van der Waals surface area (Å²) in [5, 5.41) is 9.54. The number of nitrogens with zero attached hydrogens (tertiary/aromatic N) is 2. The number of hydrogen-bond acceptors (Lipinski definition) is 3. The summed E-state index contributed by atoms with van der Waals surface area (Å²) < 4.78 is 0. The van der Waals surface area contributed by atoms with Crippen LogP contribution in [0.3, 0.4) is 0 Å². The van der Waals surface area contributed by atoms with Crippen LogP contribution in [0.15, 0.2) is 4.99 Å². The summed E-state index contributed by atoms with van der Waals surface area (Å²) in [6.07, 6.45) is 3.76. The van der Waals surface area contributed by atoms with Crippen molar-refractivity contribution in [2.24, 2.45) is 16.3 Å². The van der Waals surface area contributed by atoms with Crippen LogP contribution in [0.2, 0.25) is 0 Å². The summed E-state index contributed by atoms with van der Waals surface area (Å²) in [4.78, 5) is 19.2. The summed E-state index contributed by atoms with van der Waals surface area (Å²) in [6, 6.07) is 0. The van der Waals surface area contributed by atoms with E-state index in [-0.39, 0.29) is 29.9 Å². The Morgan fingerprint density at radius 2 is 1.73 bits per heavy atom. The first-order valence-corrected chi connectivity index (χ1v) is 9.91. The van der Waals surface area contributed by atoms with Crippen LogP contribution in [0, 0.1) is 11.3 Å². The minimum Gasteiger partial charge on any atom is -0.357 e. The third-order valence-corrected chi connectivity index (χ3v) is 4.75. The zero-order valence-corrected chi connectivity index (χ0v) is 19.7. The van der Waals surface area contributed by atoms with Gasteiger partial charge in [0.05, 0.1) is 12.0 Å². The Morgan fingerprint density at radius 3 is 2.31 bits per heavy atom. The van der Waals surface area contributed by atoms with E-state index in [9.17, 15) is 4.79 Å². The smallest absolute Gasteiger partial charge is 0.227 e. The van der Waals surface area contributed by atoms with Gasteiger partial charge in [-0.15, -0.1) is 24.0 Å². The zero-order chi connectivity index (χ0) is 18.7. The first-order valence-electron chi connectivity index (χ1n) is 9.91. The monoisotopic (exact) mass is 481 g/mol. The molecule has 0 unspecified atom stereocenters. The van der Waals surface area contributed by atoms with Crippen molar-refractivity contribution in [2.45, 2.75) is 53.9 Å². The maximum atomic E-state index is 12.1. The number of piperidine rings is 1. The first-order chi connectivity index (χ1) is 11.9. The molecule has 0 spiro atoms. The second kappa shape index (κ2) is 13.6. The van der Waals surface area contributed by atoms with Gasteiger partial charge in [-0.25, -0.2) is 0 Å². The Morgan fingerprint density at radius 1 is 1.12 bits per heavy atom. The molecule has 0 aromatic rings. The van der Waals surface area contributed by atoms with Crippen molar-refractivity contribution in [2.75, 3.05) is 45.8 Å². The summed E-state index contributed by atoms with van der Waals surface area (Å²) in [7, 11) is 0. The normalized spacial score (nSPS) is 16.7. The van der Waals surface area contributed by atoms with Crippen molar-refractivity contribution in [1.29, 1.82) is 0 Å². The first kappa shape index (κ1) is 25.4. The van der Waals surface area contributed by atoms with E-state index in [0.29, 0.717) is 13.1 Å². The van der Waals surface area contributed by atoms with Crippen molar-refractivity contribution in [3.05, 3.63) is 0 Å². The Hall–Kier alpha value is -0.570. The highest BCUT2D eigenvalue weighted by atomic mass is 127. The summed E-state index contributed by atoms with van der Waals surface area (Å²) in [5.74, 6) is 1.73. The van der Waals surface area contributed by atoms with Gasteiger partial charge >= 0.3 is 0 Å². The van der Waals surface area contributed by atoms with E-state index >= 15 is 0 Å². The third kappa shape index (κ3) is 9.94. The minimum absolute atomic E-state index is 0. The second-order valence-corrected chi connectivity index (χ2v) is 7.74. The van der Waals surface area contributed by atoms with Crippen LogP contribution in [-0.4, -0.2) is 62.6 Å². The number of hydrogen-bond donors (Lipinski definition) is 3. The highest BCUT2D eigenvalue weighted by molar-refractivity contribution is 14.0. The fourth-order valence-electron chi connectivity index (χ4n) is 2.89. The van der Waals surface area contributed by atoms with Crippen molar-refractivity contribution in [3.8, 4) is 0 Å². The van der Waals surface area contributed by atoms with Gasteiger partial charge in [0, 0.05) is 19.6 Å². The predicted molar refractivity (Wildman–Crippen MR) is 121 cm³/mol. The van der Waals surface area contributed by atoms with Crippen molar-refractivity contribution < 1.29 is 4.79 Å². The van der Waals surface area contributed by atoms with Gasteiger partial charge in [0.15, 0.2) is 5.96 Å². The van der Waals surface area contributed by atoms with E-state index in [2.05, 4.69) is 39.7 Å². The van der Waals surface area contributed by atoms with Gasteiger partial charge in [-0.3, -0.25) is 9.79 Å². The summed E-state index contributed by atoms with van der Waals surface area (Å²) in [6.45, 7) is 16.7. The number of carbonyl (C=O) groups is 1. The number of nitrogens with one attached hydrogen (secondary N) is 3. The van der Waals surface area contributed by atoms with Gasteiger partial charge in [-0.05, 0) is 72.5 Å². The Kier molecular flexibility index (Phi) is 13.3. The molecule has 1 amide bonds. The lowest BCUT2D eigenvalue weighted by atomic mass is 9.92. The number of rotatable bonds is 9. The lowest BCUT2D eigenvalue weighted by molar-refractivity contribution is -0.128. The van der Waals surface area contributed by atoms with Crippen LogP contribution in [0.5, 0.6) is 0 Å². The van der Waals surface area contributed by atoms with Crippen LogP contribution < -0.4 is 16.0 Å².